The van der Waals surface area contributed by atoms with Gasteiger partial charge in [0, 0.05) is 32.1 Å². The van der Waals surface area contributed by atoms with Crippen LogP contribution in [0.4, 0.5) is 0 Å². The monoisotopic (exact) mass is 375 g/mol. The highest BCUT2D eigenvalue weighted by Crippen LogP contribution is 2.25. The molecule has 0 aromatic carbocycles. The van der Waals surface area contributed by atoms with Gasteiger partial charge in [0.1, 0.15) is 6.29 Å². The molecule has 2 aliphatic heterocycles. The van der Waals surface area contributed by atoms with E-state index in [-0.39, 0.29) is 17.4 Å². The fraction of sp³-hybridized carbons (Fsp3) is 0.941. The van der Waals surface area contributed by atoms with Gasteiger partial charge >= 0.3 is 0 Å². The third-order valence-electron chi connectivity index (χ3n) is 5.52. The maximum atomic E-state index is 6.46. The van der Waals surface area contributed by atoms with Crippen LogP contribution in [-0.4, -0.2) is 86.2 Å². The van der Waals surface area contributed by atoms with Gasteiger partial charge in [-0.2, -0.15) is 0 Å². The molecule has 0 aliphatic carbocycles. The van der Waals surface area contributed by atoms with Crippen LogP contribution in [0.3, 0.4) is 0 Å². The quantitative estimate of drug-likeness (QED) is 0.288. The highest BCUT2D eigenvalue weighted by Gasteiger charge is 2.34. The van der Waals surface area contributed by atoms with Crippen LogP contribution in [0.1, 0.15) is 33.6 Å². The molecule has 0 spiro atoms. The Hall–Kier alpha value is -0.440. The zero-order valence-corrected chi connectivity index (χ0v) is 17.0. The van der Waals surface area contributed by atoms with Crippen molar-refractivity contribution in [2.75, 3.05) is 53.7 Å². The largest absolute Gasteiger partial charge is 0.378 e. The molecule has 146 valence electrons. The Balaban J connectivity index is 1.89. The summed E-state index contributed by atoms with van der Waals surface area (Å²) in [7, 11) is 3.83. The zero-order chi connectivity index (χ0) is 18.5. The Labute approximate surface area is 157 Å². The lowest BCUT2D eigenvalue weighted by atomic mass is 9.97. The second-order valence-corrected chi connectivity index (χ2v) is 7.80. The van der Waals surface area contributed by atoms with Gasteiger partial charge in [0.25, 0.3) is 0 Å². The van der Waals surface area contributed by atoms with Crippen LogP contribution in [0, 0.1) is 0 Å². The van der Waals surface area contributed by atoms with Crippen molar-refractivity contribution in [1.82, 2.24) is 20.4 Å². The molecule has 2 aliphatic rings. The van der Waals surface area contributed by atoms with Crippen molar-refractivity contribution in [3.8, 4) is 0 Å². The third kappa shape index (κ3) is 5.28. The van der Waals surface area contributed by atoms with Gasteiger partial charge in [-0.05, 0) is 38.9 Å². The normalized spacial score (nSPS) is 32.3. The fourth-order valence-corrected chi connectivity index (χ4v) is 3.24. The average molecular weight is 376 g/mol. The van der Waals surface area contributed by atoms with Crippen LogP contribution in [-0.2, 0) is 9.47 Å². The van der Waals surface area contributed by atoms with Crippen molar-refractivity contribution < 1.29 is 9.47 Å². The summed E-state index contributed by atoms with van der Waals surface area (Å²) in [6, 6.07) is 0. The topological polar surface area (TPSA) is 61.4 Å². The average Bonchev–Trinajstić information content (AvgIpc) is 2.59. The van der Waals surface area contributed by atoms with Crippen LogP contribution in [0.5, 0.6) is 0 Å². The van der Waals surface area contributed by atoms with E-state index < -0.39 is 0 Å². The molecular weight excluding hydrogens is 342 g/mol. The zero-order valence-electron chi connectivity index (χ0n) is 16.3. The Bertz CT molecular complexity index is 460. The molecule has 0 radical (unpaired) electrons. The number of halogens is 1. The molecule has 0 saturated carbocycles. The molecule has 2 N–H and O–H groups in total. The summed E-state index contributed by atoms with van der Waals surface area (Å²) in [5, 5.41) is 7.16. The van der Waals surface area contributed by atoms with Gasteiger partial charge in [-0.3, -0.25) is 15.5 Å². The first kappa shape index (κ1) is 20.9. The van der Waals surface area contributed by atoms with Gasteiger partial charge in [-0.25, -0.2) is 4.99 Å². The van der Waals surface area contributed by atoms with Crippen molar-refractivity contribution in [1.29, 1.82) is 0 Å². The smallest absolute Gasteiger partial charge is 0.197 e. The van der Waals surface area contributed by atoms with E-state index in [0.29, 0.717) is 12.0 Å². The molecule has 0 bridgehead atoms. The molecule has 8 heteroatoms. The first-order valence-electron chi connectivity index (χ1n) is 9.14. The lowest BCUT2D eigenvalue weighted by molar-refractivity contribution is -0.133. The molecule has 0 aromatic heterocycles. The van der Waals surface area contributed by atoms with Gasteiger partial charge in [0.05, 0.1) is 32.1 Å². The van der Waals surface area contributed by atoms with Crippen molar-refractivity contribution in [2.45, 2.75) is 51.0 Å². The molecule has 0 aromatic rings. The number of ether oxygens (including phenoxy) is 2. The van der Waals surface area contributed by atoms with E-state index in [0.717, 1.165) is 45.8 Å². The molecule has 2 rings (SSSR count). The van der Waals surface area contributed by atoms with Crippen LogP contribution in [0.25, 0.3) is 0 Å². The summed E-state index contributed by atoms with van der Waals surface area (Å²) in [5.41, 5.74) is -0.0510. The van der Waals surface area contributed by atoms with Gasteiger partial charge in [-0.1, -0.05) is 6.92 Å². The predicted molar refractivity (Wildman–Crippen MR) is 102 cm³/mol. The number of aliphatic imine (C=N–C) groups is 1. The fourth-order valence-electron chi connectivity index (χ4n) is 3.09. The molecule has 2 unspecified atom stereocenters. The van der Waals surface area contributed by atoms with E-state index in [1.165, 1.54) is 0 Å². The molecular formula is C17H34ClN5O2. The molecule has 2 fully saturated rings. The Morgan fingerprint density at radius 2 is 2.12 bits per heavy atom. The number of nitrogens with zero attached hydrogens (tertiary/aromatic N) is 3. The molecule has 0 amide bonds. The lowest BCUT2D eigenvalue weighted by Crippen LogP contribution is -2.59. The highest BCUT2D eigenvalue weighted by atomic mass is 35.5. The van der Waals surface area contributed by atoms with Crippen LogP contribution in [0.2, 0.25) is 0 Å². The second kappa shape index (κ2) is 8.97. The maximum Gasteiger partial charge on any atom is 0.197 e. The first-order valence-corrected chi connectivity index (χ1v) is 9.51. The molecule has 2 heterocycles. The molecule has 2 saturated heterocycles. The van der Waals surface area contributed by atoms with E-state index in [1.807, 2.05) is 19.0 Å². The number of nitrogens with one attached hydrogen (secondary N) is 2. The summed E-state index contributed by atoms with van der Waals surface area (Å²) in [6.07, 6.45) is 2.00. The minimum Gasteiger partial charge on any atom is -0.378 e. The second-order valence-electron chi connectivity index (χ2n) is 7.47. The van der Waals surface area contributed by atoms with E-state index in [4.69, 9.17) is 21.1 Å². The standard InChI is InChI=1S/C17H34ClN5O2/c1-6-16(2)12-24-10-8-23(16)13-21-14(18)22(5)15(19-4)20-11-17(3)7-9-25-17/h15,19-20H,6-13H2,1-5H3/b21-14-/t15?,16-,17?/m1/s1. The summed E-state index contributed by atoms with van der Waals surface area (Å²) in [6.45, 7) is 11.1. The minimum atomic E-state index is -0.0977. The lowest BCUT2D eigenvalue weighted by Gasteiger charge is -2.43. The molecule has 3 atom stereocenters. The summed E-state index contributed by atoms with van der Waals surface area (Å²) in [5.74, 6) is 0. The highest BCUT2D eigenvalue weighted by molar-refractivity contribution is 6.64. The van der Waals surface area contributed by atoms with Crippen molar-refractivity contribution in [2.24, 2.45) is 4.99 Å². The van der Waals surface area contributed by atoms with Gasteiger partial charge in [-0.15, -0.1) is 0 Å². The van der Waals surface area contributed by atoms with Gasteiger partial charge in [0.15, 0.2) is 5.29 Å². The van der Waals surface area contributed by atoms with Crippen LogP contribution < -0.4 is 10.6 Å². The molecule has 25 heavy (non-hydrogen) atoms. The number of morpholine rings is 1. The maximum absolute atomic E-state index is 6.46. The van der Waals surface area contributed by atoms with Crippen molar-refractivity contribution in [3.63, 3.8) is 0 Å². The van der Waals surface area contributed by atoms with Crippen LogP contribution in [0.15, 0.2) is 4.99 Å². The first-order chi connectivity index (χ1) is 11.8. The number of amidine groups is 1. The minimum absolute atomic E-state index is 0.0221. The van der Waals surface area contributed by atoms with Crippen molar-refractivity contribution >= 4 is 16.9 Å². The van der Waals surface area contributed by atoms with Crippen LogP contribution >= 0.6 is 11.6 Å². The van der Waals surface area contributed by atoms with Gasteiger partial charge < -0.3 is 14.4 Å². The van der Waals surface area contributed by atoms with Gasteiger partial charge in [0.2, 0.25) is 0 Å². The van der Waals surface area contributed by atoms with E-state index in [2.05, 4.69) is 41.3 Å². The summed E-state index contributed by atoms with van der Waals surface area (Å²) < 4.78 is 11.3. The summed E-state index contributed by atoms with van der Waals surface area (Å²) >= 11 is 6.46. The van der Waals surface area contributed by atoms with Crippen molar-refractivity contribution in [3.05, 3.63) is 0 Å². The van der Waals surface area contributed by atoms with E-state index in [9.17, 15) is 0 Å². The number of rotatable bonds is 8. The SMILES string of the molecule is CC[C@]1(C)COCCN1C/N=C(/Cl)N(C)C(NC)NCC1(C)CCO1. The Morgan fingerprint density at radius 1 is 1.40 bits per heavy atom. The predicted octanol–water partition coefficient (Wildman–Crippen LogP) is 1.24. The number of hydrogen-bond acceptors (Lipinski definition) is 6. The number of hydrogen-bond donors (Lipinski definition) is 2. The Morgan fingerprint density at radius 3 is 2.68 bits per heavy atom. The van der Waals surface area contributed by atoms with E-state index >= 15 is 0 Å². The third-order valence-corrected chi connectivity index (χ3v) is 5.90. The summed E-state index contributed by atoms with van der Waals surface area (Å²) in [4.78, 5) is 8.86. The van der Waals surface area contributed by atoms with E-state index in [1.54, 1.807) is 0 Å². The molecule has 7 nitrogen and oxygen atoms in total. The Kier molecular flexibility index (Phi) is 7.49.